The highest BCUT2D eigenvalue weighted by molar-refractivity contribution is 5.86. The van der Waals surface area contributed by atoms with Gasteiger partial charge in [0.15, 0.2) is 6.10 Å². The maximum atomic E-state index is 12.5. The number of aliphatic hydroxyl groups is 1. The molecule has 0 spiro atoms. The molecule has 2 aromatic rings. The van der Waals surface area contributed by atoms with Crippen molar-refractivity contribution >= 4 is 16.6 Å². The van der Waals surface area contributed by atoms with Crippen molar-refractivity contribution in [1.29, 1.82) is 0 Å². The molecule has 0 aliphatic carbocycles. The Kier molecular flexibility index (Phi) is 5.71. The van der Waals surface area contributed by atoms with Crippen LogP contribution in [0.3, 0.4) is 0 Å². The molecule has 1 aromatic heterocycles. The second-order valence-corrected chi connectivity index (χ2v) is 6.89. The van der Waals surface area contributed by atoms with E-state index < -0.39 is 18.8 Å². The number of nitrogens with zero attached hydrogens (tertiary/aromatic N) is 4. The number of halogens is 3. The SMILES string of the molecule is CC(C)Oc1ncnc2ccc(N3CCN(CC(O)C(F)(F)F)CC3)cc12. The zero-order valence-corrected chi connectivity index (χ0v) is 15.3. The fourth-order valence-electron chi connectivity index (χ4n) is 3.07. The van der Waals surface area contributed by atoms with Crippen LogP contribution in [0.25, 0.3) is 10.9 Å². The molecule has 1 saturated heterocycles. The number of piperazine rings is 1. The second-order valence-electron chi connectivity index (χ2n) is 6.89. The zero-order chi connectivity index (χ0) is 19.6. The van der Waals surface area contributed by atoms with E-state index in [-0.39, 0.29) is 6.10 Å². The van der Waals surface area contributed by atoms with Crippen LogP contribution in [0.4, 0.5) is 18.9 Å². The Balaban J connectivity index is 1.70. The Labute approximate surface area is 155 Å². The summed E-state index contributed by atoms with van der Waals surface area (Å²) in [5.74, 6) is 0.517. The summed E-state index contributed by atoms with van der Waals surface area (Å²) in [6, 6.07) is 5.78. The van der Waals surface area contributed by atoms with Crippen LogP contribution in [0.1, 0.15) is 13.8 Å². The Morgan fingerprint density at radius 1 is 1.15 bits per heavy atom. The van der Waals surface area contributed by atoms with Crippen LogP contribution in [-0.2, 0) is 0 Å². The molecular weight excluding hydrogens is 361 g/mol. The van der Waals surface area contributed by atoms with Crippen LogP contribution >= 0.6 is 0 Å². The van der Waals surface area contributed by atoms with Gasteiger partial charge in [-0.2, -0.15) is 13.2 Å². The topological polar surface area (TPSA) is 61.7 Å². The standard InChI is InChI=1S/C18H23F3N4O2/c1-12(2)27-17-14-9-13(3-4-15(14)22-11-23-17)25-7-5-24(6-8-25)10-16(26)18(19,20)21/h3-4,9,11-12,16,26H,5-8,10H2,1-2H3. The van der Waals surface area contributed by atoms with Crippen LogP contribution in [-0.4, -0.2) is 71.1 Å². The van der Waals surface area contributed by atoms with Gasteiger partial charge in [-0.3, -0.25) is 4.90 Å². The summed E-state index contributed by atoms with van der Waals surface area (Å²) in [6.45, 7) is 5.50. The Morgan fingerprint density at radius 2 is 1.85 bits per heavy atom. The molecule has 1 unspecified atom stereocenters. The number of anilines is 1. The third-order valence-corrected chi connectivity index (χ3v) is 4.48. The highest BCUT2D eigenvalue weighted by atomic mass is 19.4. The van der Waals surface area contributed by atoms with Gasteiger partial charge in [-0.1, -0.05) is 0 Å². The van der Waals surface area contributed by atoms with Crippen LogP contribution in [0.2, 0.25) is 0 Å². The molecule has 2 heterocycles. The van der Waals surface area contributed by atoms with E-state index in [1.807, 2.05) is 32.0 Å². The quantitative estimate of drug-likeness (QED) is 0.855. The maximum absolute atomic E-state index is 12.5. The number of alkyl halides is 3. The average Bonchev–Trinajstić information content (AvgIpc) is 2.61. The van der Waals surface area contributed by atoms with E-state index in [4.69, 9.17) is 4.74 Å². The Bertz CT molecular complexity index is 777. The van der Waals surface area contributed by atoms with Crippen LogP contribution in [0.5, 0.6) is 5.88 Å². The molecule has 1 atom stereocenters. The normalized spacial score (nSPS) is 17.5. The lowest BCUT2D eigenvalue weighted by molar-refractivity contribution is -0.208. The van der Waals surface area contributed by atoms with Crippen molar-refractivity contribution in [3.8, 4) is 5.88 Å². The van der Waals surface area contributed by atoms with E-state index in [0.29, 0.717) is 32.1 Å². The third kappa shape index (κ3) is 4.78. The van der Waals surface area contributed by atoms with Crippen molar-refractivity contribution in [2.45, 2.75) is 32.2 Å². The number of aromatic nitrogens is 2. The predicted octanol–water partition coefficient (Wildman–Crippen LogP) is 2.46. The molecule has 6 nitrogen and oxygen atoms in total. The molecule has 0 bridgehead atoms. The molecule has 1 fully saturated rings. The molecule has 9 heteroatoms. The largest absolute Gasteiger partial charge is 0.474 e. The van der Waals surface area contributed by atoms with Crippen molar-refractivity contribution in [3.63, 3.8) is 0 Å². The first-order valence-corrected chi connectivity index (χ1v) is 8.87. The fraction of sp³-hybridized carbons (Fsp3) is 0.556. The van der Waals surface area contributed by atoms with Crippen molar-refractivity contribution in [3.05, 3.63) is 24.5 Å². The predicted molar refractivity (Wildman–Crippen MR) is 96.0 cm³/mol. The number of β-amino-alcohol motifs (C(OH)–C–C–N with tert-alkyl or cyclic N) is 1. The van der Waals surface area contributed by atoms with Gasteiger partial charge in [0.25, 0.3) is 0 Å². The van der Waals surface area contributed by atoms with Crippen molar-refractivity contribution in [1.82, 2.24) is 14.9 Å². The lowest BCUT2D eigenvalue weighted by Gasteiger charge is -2.37. The first-order chi connectivity index (χ1) is 12.7. The lowest BCUT2D eigenvalue weighted by Crippen LogP contribution is -2.50. The van der Waals surface area contributed by atoms with E-state index >= 15 is 0 Å². The van der Waals surface area contributed by atoms with Gasteiger partial charge in [0.2, 0.25) is 5.88 Å². The van der Waals surface area contributed by atoms with Crippen molar-refractivity contribution < 1.29 is 23.0 Å². The lowest BCUT2D eigenvalue weighted by atomic mass is 10.1. The van der Waals surface area contributed by atoms with Crippen LogP contribution < -0.4 is 9.64 Å². The summed E-state index contributed by atoms with van der Waals surface area (Å²) in [4.78, 5) is 12.2. The molecule has 148 valence electrons. The van der Waals surface area contributed by atoms with E-state index in [1.165, 1.54) is 6.33 Å². The van der Waals surface area contributed by atoms with Gasteiger partial charge in [-0.25, -0.2) is 9.97 Å². The van der Waals surface area contributed by atoms with Gasteiger partial charge in [0.1, 0.15) is 6.33 Å². The Hall–Kier alpha value is -2.13. The molecule has 1 aliphatic rings. The minimum atomic E-state index is -4.58. The van der Waals surface area contributed by atoms with Gasteiger partial charge in [0, 0.05) is 38.4 Å². The molecule has 1 N–H and O–H groups in total. The maximum Gasteiger partial charge on any atom is 0.415 e. The number of hydrogen-bond donors (Lipinski definition) is 1. The highest BCUT2D eigenvalue weighted by Crippen LogP contribution is 2.28. The Morgan fingerprint density at radius 3 is 2.48 bits per heavy atom. The van der Waals surface area contributed by atoms with E-state index in [9.17, 15) is 18.3 Å². The minimum Gasteiger partial charge on any atom is -0.474 e. The van der Waals surface area contributed by atoms with Crippen molar-refractivity contribution in [2.24, 2.45) is 0 Å². The first-order valence-electron chi connectivity index (χ1n) is 8.87. The number of aliphatic hydroxyl groups excluding tert-OH is 1. The van der Waals surface area contributed by atoms with E-state index in [0.717, 1.165) is 16.6 Å². The number of rotatable bonds is 5. The monoisotopic (exact) mass is 384 g/mol. The molecule has 1 aliphatic heterocycles. The number of fused-ring (bicyclic) bond motifs is 1. The summed E-state index contributed by atoms with van der Waals surface area (Å²) in [5.41, 5.74) is 1.72. The second kappa shape index (κ2) is 7.85. The first kappa shape index (κ1) is 19.6. The molecule has 1 aromatic carbocycles. The average molecular weight is 384 g/mol. The van der Waals surface area contributed by atoms with Gasteiger partial charge in [-0.15, -0.1) is 0 Å². The van der Waals surface area contributed by atoms with E-state index in [1.54, 1.807) is 4.90 Å². The highest BCUT2D eigenvalue weighted by Gasteiger charge is 2.39. The third-order valence-electron chi connectivity index (χ3n) is 4.48. The van der Waals surface area contributed by atoms with Crippen LogP contribution in [0, 0.1) is 0 Å². The van der Waals surface area contributed by atoms with Gasteiger partial charge >= 0.3 is 6.18 Å². The minimum absolute atomic E-state index is 0.0182. The number of ether oxygens (including phenoxy) is 1. The fourth-order valence-corrected chi connectivity index (χ4v) is 3.07. The number of benzene rings is 1. The smallest absolute Gasteiger partial charge is 0.415 e. The summed E-state index contributed by atoms with van der Waals surface area (Å²) in [7, 11) is 0. The number of hydrogen-bond acceptors (Lipinski definition) is 6. The molecule has 0 radical (unpaired) electrons. The molecule has 27 heavy (non-hydrogen) atoms. The summed E-state index contributed by atoms with van der Waals surface area (Å²) < 4.78 is 43.3. The van der Waals surface area contributed by atoms with E-state index in [2.05, 4.69) is 14.9 Å². The van der Waals surface area contributed by atoms with Crippen LogP contribution in [0.15, 0.2) is 24.5 Å². The molecule has 0 saturated carbocycles. The van der Waals surface area contributed by atoms with Gasteiger partial charge < -0.3 is 14.7 Å². The molecule has 0 amide bonds. The summed E-state index contributed by atoms with van der Waals surface area (Å²) in [6.07, 6.45) is -5.44. The summed E-state index contributed by atoms with van der Waals surface area (Å²) in [5, 5.41) is 10.0. The van der Waals surface area contributed by atoms with Gasteiger partial charge in [0.05, 0.1) is 17.0 Å². The van der Waals surface area contributed by atoms with Gasteiger partial charge in [-0.05, 0) is 32.0 Å². The zero-order valence-electron chi connectivity index (χ0n) is 15.3. The summed E-state index contributed by atoms with van der Waals surface area (Å²) >= 11 is 0. The van der Waals surface area contributed by atoms with Crippen molar-refractivity contribution in [2.75, 3.05) is 37.6 Å². The molecule has 3 rings (SSSR count). The molecular formula is C18H23F3N4O2.